The number of pyridine rings is 1. The van der Waals surface area contributed by atoms with Gasteiger partial charge in [0.25, 0.3) is 0 Å². The Morgan fingerprint density at radius 3 is 2.19 bits per heavy atom. The fourth-order valence-corrected chi connectivity index (χ4v) is 3.95. The summed E-state index contributed by atoms with van der Waals surface area (Å²) in [6.45, 7) is 1.85. The molecular weight excluding hydrogens is 484 g/mol. The second-order valence-electron chi connectivity index (χ2n) is 7.26. The van der Waals surface area contributed by atoms with Gasteiger partial charge in [-0.25, -0.2) is 22.8 Å². The maximum Gasteiger partial charge on any atom is 0.372 e. The third kappa shape index (κ3) is 4.65. The molecule has 2 heterocycles. The Balaban J connectivity index is 1.99. The van der Waals surface area contributed by atoms with Crippen molar-refractivity contribution in [1.82, 2.24) is 14.4 Å². The molecule has 4 N–H and O–H groups in total. The van der Waals surface area contributed by atoms with Crippen LogP contribution < -0.4 is 26.2 Å². The monoisotopic (exact) mass is 502 g/mol. The average Bonchev–Trinajstić information content (AvgIpc) is 2.84. The fraction of sp³-hybridized carbons (Fsp3) is 0.0870. The summed E-state index contributed by atoms with van der Waals surface area (Å²) >= 11 is 0. The van der Waals surface area contributed by atoms with Crippen molar-refractivity contribution in [3.05, 3.63) is 76.2 Å². The molecule has 0 radical (unpaired) electrons. The SMILES string of the molecule is CCOc1c(C#N)c(Nc2ccc(S(N)(=O)=O)cc2)c(C#N)c2nc(=O)nc(Nc3ccccc3)n12. The number of ether oxygens (including phenoxy) is 1. The van der Waals surface area contributed by atoms with Crippen LogP contribution >= 0.6 is 0 Å². The van der Waals surface area contributed by atoms with Gasteiger partial charge in [-0.2, -0.15) is 20.5 Å². The number of sulfonamides is 1. The molecule has 180 valence electrons. The molecule has 0 aliphatic rings. The minimum absolute atomic E-state index is 0.00305. The van der Waals surface area contributed by atoms with E-state index in [1.807, 2.05) is 18.2 Å². The number of nitrogens with two attached hydrogens (primary N) is 1. The van der Waals surface area contributed by atoms with Gasteiger partial charge in [0, 0.05) is 11.4 Å². The van der Waals surface area contributed by atoms with Gasteiger partial charge in [-0.1, -0.05) is 18.2 Å². The molecule has 0 fully saturated rings. The van der Waals surface area contributed by atoms with Crippen molar-refractivity contribution in [2.75, 3.05) is 17.2 Å². The molecule has 12 nitrogen and oxygen atoms in total. The van der Waals surface area contributed by atoms with Crippen LogP contribution in [0.4, 0.5) is 23.0 Å². The van der Waals surface area contributed by atoms with Crippen molar-refractivity contribution in [2.45, 2.75) is 11.8 Å². The molecule has 13 heteroatoms. The summed E-state index contributed by atoms with van der Waals surface area (Å²) in [5.74, 6) is -0.00667. The number of anilines is 4. The van der Waals surface area contributed by atoms with Crippen LogP contribution in [-0.2, 0) is 10.0 Å². The first-order valence-corrected chi connectivity index (χ1v) is 12.0. The summed E-state index contributed by atoms with van der Waals surface area (Å²) < 4.78 is 30.2. The molecule has 0 spiro atoms. The third-order valence-corrected chi connectivity index (χ3v) is 5.88. The molecule has 0 saturated carbocycles. The number of benzene rings is 2. The maximum atomic E-state index is 12.4. The van der Waals surface area contributed by atoms with E-state index in [0.29, 0.717) is 11.4 Å². The molecule has 0 unspecified atom stereocenters. The molecule has 4 rings (SSSR count). The maximum absolute atomic E-state index is 12.4. The van der Waals surface area contributed by atoms with E-state index in [0.717, 1.165) is 0 Å². The first kappa shape index (κ1) is 24.2. The summed E-state index contributed by atoms with van der Waals surface area (Å²) in [7, 11) is -3.91. The molecule has 0 amide bonds. The van der Waals surface area contributed by atoms with E-state index in [9.17, 15) is 23.7 Å². The van der Waals surface area contributed by atoms with Crippen molar-refractivity contribution in [3.63, 3.8) is 0 Å². The predicted molar refractivity (Wildman–Crippen MR) is 131 cm³/mol. The highest BCUT2D eigenvalue weighted by Gasteiger charge is 2.25. The standard InChI is InChI=1S/C23H18N8O4S/c1-2-35-21-18(13-25)19(27-15-8-10-16(11-9-15)36(26,33)34)17(12-24)20-29-23(32)30-22(31(20)21)28-14-6-4-3-5-7-14/h3-11,27H,2H2,1H3,(H2,26,33,34)(H,28,30,32). The van der Waals surface area contributed by atoms with E-state index in [1.54, 1.807) is 31.2 Å². The number of nitrogens with zero attached hydrogens (tertiary/aromatic N) is 5. The first-order chi connectivity index (χ1) is 17.3. The zero-order chi connectivity index (χ0) is 25.9. The van der Waals surface area contributed by atoms with Gasteiger partial charge < -0.3 is 15.4 Å². The Labute approximate surface area is 205 Å². The fourth-order valence-electron chi connectivity index (χ4n) is 3.44. The highest BCUT2D eigenvalue weighted by molar-refractivity contribution is 7.89. The molecule has 36 heavy (non-hydrogen) atoms. The zero-order valence-electron chi connectivity index (χ0n) is 18.8. The summed E-state index contributed by atoms with van der Waals surface area (Å²) in [6, 6.07) is 18.3. The van der Waals surface area contributed by atoms with E-state index in [2.05, 4.69) is 20.6 Å². The van der Waals surface area contributed by atoms with Crippen molar-refractivity contribution < 1.29 is 13.2 Å². The van der Waals surface area contributed by atoms with E-state index in [4.69, 9.17) is 9.88 Å². The van der Waals surface area contributed by atoms with Gasteiger partial charge >= 0.3 is 5.69 Å². The van der Waals surface area contributed by atoms with Crippen LogP contribution in [0.15, 0.2) is 64.3 Å². The molecule has 0 aliphatic heterocycles. The lowest BCUT2D eigenvalue weighted by Crippen LogP contribution is -2.20. The smallest absolute Gasteiger partial charge is 0.372 e. The molecular formula is C23H18N8O4S. The Hall–Kier alpha value is -4.98. The van der Waals surface area contributed by atoms with E-state index in [-0.39, 0.29) is 45.8 Å². The van der Waals surface area contributed by atoms with Gasteiger partial charge in [-0.05, 0) is 43.3 Å². The van der Waals surface area contributed by atoms with Gasteiger partial charge in [0.1, 0.15) is 23.3 Å². The van der Waals surface area contributed by atoms with E-state index in [1.165, 1.54) is 28.7 Å². The number of para-hydroxylation sites is 1. The van der Waals surface area contributed by atoms with Crippen LogP contribution in [0.2, 0.25) is 0 Å². The van der Waals surface area contributed by atoms with Crippen LogP contribution in [0, 0.1) is 22.7 Å². The summed E-state index contributed by atoms with van der Waals surface area (Å²) in [5.41, 5.74) is -0.165. The van der Waals surface area contributed by atoms with Crippen LogP contribution in [0.1, 0.15) is 18.1 Å². The number of hydrogen-bond acceptors (Lipinski definition) is 10. The zero-order valence-corrected chi connectivity index (χ0v) is 19.6. The Kier molecular flexibility index (Phi) is 6.52. The quantitative estimate of drug-likeness (QED) is 0.338. The first-order valence-electron chi connectivity index (χ1n) is 10.4. The van der Waals surface area contributed by atoms with Crippen LogP contribution in [0.5, 0.6) is 5.88 Å². The number of nitrogens with one attached hydrogen (secondary N) is 2. The van der Waals surface area contributed by atoms with Crippen molar-refractivity contribution in [1.29, 1.82) is 10.5 Å². The number of primary sulfonamides is 1. The predicted octanol–water partition coefficient (Wildman–Crippen LogP) is 2.37. The molecule has 0 saturated heterocycles. The minimum atomic E-state index is -3.91. The molecule has 0 atom stereocenters. The van der Waals surface area contributed by atoms with Crippen molar-refractivity contribution in [3.8, 4) is 18.0 Å². The van der Waals surface area contributed by atoms with Gasteiger partial charge in [0.2, 0.25) is 21.9 Å². The number of rotatable bonds is 7. The van der Waals surface area contributed by atoms with Gasteiger partial charge in [-0.15, -0.1) is 0 Å². The summed E-state index contributed by atoms with van der Waals surface area (Å²) in [4.78, 5) is 20.2. The summed E-state index contributed by atoms with van der Waals surface area (Å²) in [5, 5.41) is 31.2. The topological polar surface area (TPSA) is 188 Å². The lowest BCUT2D eigenvalue weighted by atomic mass is 10.1. The van der Waals surface area contributed by atoms with Gasteiger partial charge in [0.05, 0.1) is 17.2 Å². The molecule has 0 bridgehead atoms. The van der Waals surface area contributed by atoms with Gasteiger partial charge in [-0.3, -0.25) is 0 Å². The lowest BCUT2D eigenvalue weighted by molar-refractivity contribution is 0.321. The lowest BCUT2D eigenvalue weighted by Gasteiger charge is -2.19. The van der Waals surface area contributed by atoms with Crippen LogP contribution in [0.25, 0.3) is 5.65 Å². The number of nitriles is 2. The Bertz CT molecular complexity index is 1700. The molecule has 2 aromatic heterocycles. The Morgan fingerprint density at radius 2 is 1.61 bits per heavy atom. The van der Waals surface area contributed by atoms with E-state index < -0.39 is 15.7 Å². The van der Waals surface area contributed by atoms with Crippen molar-refractivity contribution in [2.24, 2.45) is 5.14 Å². The normalized spacial score (nSPS) is 10.9. The van der Waals surface area contributed by atoms with Crippen LogP contribution in [-0.4, -0.2) is 29.4 Å². The summed E-state index contributed by atoms with van der Waals surface area (Å²) in [6.07, 6.45) is 0. The third-order valence-electron chi connectivity index (χ3n) is 4.95. The Morgan fingerprint density at radius 1 is 0.972 bits per heavy atom. The number of hydrogen-bond donors (Lipinski definition) is 3. The molecule has 4 aromatic rings. The van der Waals surface area contributed by atoms with Crippen molar-refractivity contribution >= 4 is 38.7 Å². The molecule has 0 aliphatic carbocycles. The molecule has 2 aromatic carbocycles. The highest BCUT2D eigenvalue weighted by Crippen LogP contribution is 2.36. The second kappa shape index (κ2) is 9.71. The highest BCUT2D eigenvalue weighted by atomic mass is 32.2. The minimum Gasteiger partial charge on any atom is -0.478 e. The largest absolute Gasteiger partial charge is 0.478 e. The average molecular weight is 503 g/mol. The number of fused-ring (bicyclic) bond motifs is 1. The van der Waals surface area contributed by atoms with E-state index >= 15 is 0 Å². The number of aromatic nitrogens is 3. The van der Waals surface area contributed by atoms with Crippen LogP contribution in [0.3, 0.4) is 0 Å². The van der Waals surface area contributed by atoms with Gasteiger partial charge in [0.15, 0.2) is 5.65 Å². The second-order valence-corrected chi connectivity index (χ2v) is 8.82.